The molecule has 2 aromatic carbocycles. The Bertz CT molecular complexity index is 552. The number of benzene rings is 2. The predicted octanol–water partition coefficient (Wildman–Crippen LogP) is 5.99. The van der Waals surface area contributed by atoms with Gasteiger partial charge in [0.25, 0.3) is 0 Å². The summed E-state index contributed by atoms with van der Waals surface area (Å²) in [6.45, 7) is 9.06. The van der Waals surface area contributed by atoms with Gasteiger partial charge in [-0.2, -0.15) is 0 Å². The van der Waals surface area contributed by atoms with Gasteiger partial charge in [0.15, 0.2) is 0 Å². The fourth-order valence-corrected chi connectivity index (χ4v) is 3.48. The Morgan fingerprint density at radius 1 is 0.591 bits per heavy atom. The van der Waals surface area contributed by atoms with Crippen LogP contribution in [0, 0.1) is 13.8 Å². The third kappa shape index (κ3) is 4.00. The molecule has 118 valence electrons. The minimum absolute atomic E-state index is 1.16. The smallest absolute Gasteiger partial charge is 0.0235 e. The van der Waals surface area contributed by atoms with Gasteiger partial charge >= 0.3 is 0 Å². The molecule has 0 aliphatic heterocycles. The molecule has 0 spiro atoms. The number of hydrogen-bond acceptors (Lipinski definition) is 0. The van der Waals surface area contributed by atoms with Gasteiger partial charge in [-0.25, -0.2) is 0 Å². The number of hydrogen-bond donors (Lipinski definition) is 0. The Morgan fingerprint density at radius 3 is 1.36 bits per heavy atom. The third-order valence-corrected chi connectivity index (χ3v) is 4.68. The predicted molar refractivity (Wildman–Crippen MR) is 97.8 cm³/mol. The zero-order valence-corrected chi connectivity index (χ0v) is 14.7. The van der Waals surface area contributed by atoms with Crippen LogP contribution in [0.4, 0.5) is 0 Å². The van der Waals surface area contributed by atoms with Gasteiger partial charge in [0.1, 0.15) is 0 Å². The molecule has 0 aromatic heterocycles. The van der Waals surface area contributed by atoms with E-state index in [0.717, 1.165) is 12.8 Å². The number of rotatable bonds is 7. The topological polar surface area (TPSA) is 0 Å². The van der Waals surface area contributed by atoms with E-state index in [2.05, 4.69) is 64.1 Å². The van der Waals surface area contributed by atoms with Gasteiger partial charge in [-0.15, -0.1) is 0 Å². The van der Waals surface area contributed by atoms with Crippen LogP contribution >= 0.6 is 0 Å². The minimum atomic E-state index is 1.16. The molecule has 0 heterocycles. The molecule has 2 rings (SSSR count). The molecule has 0 aliphatic carbocycles. The molecule has 22 heavy (non-hydrogen) atoms. The standard InChI is InChI=1S/C22H30/c1-5-9-21-17(3)11-7-13-19(21)15-16-20-14-8-12-18(4)22(20)10-6-2/h7-8,11-14H,5-6,9-10,15-16H2,1-4H3. The molecule has 0 saturated heterocycles. The van der Waals surface area contributed by atoms with E-state index in [0.29, 0.717) is 0 Å². The second kappa shape index (κ2) is 8.17. The monoisotopic (exact) mass is 294 g/mol. The molecular formula is C22H30. The van der Waals surface area contributed by atoms with Crippen LogP contribution in [0.1, 0.15) is 60.1 Å². The molecule has 0 radical (unpaired) electrons. The molecule has 0 heteroatoms. The largest absolute Gasteiger partial charge is 0.0651 e. The first-order chi connectivity index (χ1) is 10.7. The van der Waals surface area contributed by atoms with Crippen molar-refractivity contribution in [3.05, 3.63) is 69.8 Å². The lowest BCUT2D eigenvalue weighted by Gasteiger charge is -2.15. The molecule has 0 amide bonds. The molecule has 0 bridgehead atoms. The van der Waals surface area contributed by atoms with Crippen LogP contribution in [0.5, 0.6) is 0 Å². The molecule has 2 aromatic rings. The highest BCUT2D eigenvalue weighted by molar-refractivity contribution is 5.38. The first kappa shape index (κ1) is 16.8. The van der Waals surface area contributed by atoms with E-state index < -0.39 is 0 Å². The molecule has 0 N–H and O–H groups in total. The van der Waals surface area contributed by atoms with Crippen LogP contribution in [0.2, 0.25) is 0 Å². The molecule has 0 unspecified atom stereocenters. The highest BCUT2D eigenvalue weighted by Crippen LogP contribution is 2.21. The normalized spacial score (nSPS) is 10.9. The number of aryl methyl sites for hydroxylation is 4. The van der Waals surface area contributed by atoms with Crippen molar-refractivity contribution in [1.82, 2.24) is 0 Å². The van der Waals surface area contributed by atoms with Crippen LogP contribution in [0.15, 0.2) is 36.4 Å². The summed E-state index contributed by atoms with van der Waals surface area (Å²) < 4.78 is 0. The van der Waals surface area contributed by atoms with E-state index in [1.807, 2.05) is 0 Å². The molecule has 0 aliphatic rings. The van der Waals surface area contributed by atoms with Gasteiger partial charge < -0.3 is 0 Å². The fourth-order valence-electron chi connectivity index (χ4n) is 3.48. The second-order valence-electron chi connectivity index (χ2n) is 6.43. The van der Waals surface area contributed by atoms with Crippen LogP contribution < -0.4 is 0 Å². The summed E-state index contributed by atoms with van der Waals surface area (Å²) >= 11 is 0. The van der Waals surface area contributed by atoms with Crippen molar-refractivity contribution < 1.29 is 0 Å². The molecule has 0 fully saturated rings. The minimum Gasteiger partial charge on any atom is -0.0651 e. The summed E-state index contributed by atoms with van der Waals surface area (Å²) in [5.74, 6) is 0. The lowest BCUT2D eigenvalue weighted by atomic mass is 9.90. The Morgan fingerprint density at radius 2 is 1.00 bits per heavy atom. The first-order valence-electron chi connectivity index (χ1n) is 8.82. The van der Waals surface area contributed by atoms with E-state index in [4.69, 9.17) is 0 Å². The van der Waals surface area contributed by atoms with E-state index in [1.165, 1.54) is 36.8 Å². The van der Waals surface area contributed by atoms with Crippen molar-refractivity contribution in [1.29, 1.82) is 0 Å². The summed E-state index contributed by atoms with van der Waals surface area (Å²) in [6, 6.07) is 13.6. The first-order valence-corrected chi connectivity index (χ1v) is 8.82. The van der Waals surface area contributed by atoms with Gasteiger partial charge in [-0.3, -0.25) is 0 Å². The van der Waals surface area contributed by atoms with Crippen molar-refractivity contribution >= 4 is 0 Å². The zero-order valence-electron chi connectivity index (χ0n) is 14.7. The zero-order chi connectivity index (χ0) is 15.9. The maximum atomic E-state index is 2.33. The Balaban J connectivity index is 2.20. The lowest BCUT2D eigenvalue weighted by molar-refractivity contribution is 0.844. The van der Waals surface area contributed by atoms with Crippen molar-refractivity contribution in [2.24, 2.45) is 0 Å². The Labute approximate surface area is 136 Å². The quantitative estimate of drug-likeness (QED) is 0.588. The average molecular weight is 294 g/mol. The highest BCUT2D eigenvalue weighted by Gasteiger charge is 2.08. The molecule has 0 saturated carbocycles. The lowest BCUT2D eigenvalue weighted by Crippen LogP contribution is -2.03. The van der Waals surface area contributed by atoms with Crippen LogP contribution in [-0.4, -0.2) is 0 Å². The average Bonchev–Trinajstić information content (AvgIpc) is 2.51. The maximum Gasteiger partial charge on any atom is -0.0235 e. The van der Waals surface area contributed by atoms with Gasteiger partial charge in [0.05, 0.1) is 0 Å². The summed E-state index contributed by atoms with van der Waals surface area (Å²) in [5.41, 5.74) is 9.16. The van der Waals surface area contributed by atoms with E-state index in [9.17, 15) is 0 Å². The van der Waals surface area contributed by atoms with E-state index >= 15 is 0 Å². The summed E-state index contributed by atoms with van der Waals surface area (Å²) in [7, 11) is 0. The van der Waals surface area contributed by atoms with Gasteiger partial charge in [0.2, 0.25) is 0 Å². The van der Waals surface area contributed by atoms with Gasteiger partial charge in [-0.05, 0) is 72.9 Å². The van der Waals surface area contributed by atoms with Gasteiger partial charge in [-0.1, -0.05) is 63.1 Å². The van der Waals surface area contributed by atoms with Crippen molar-refractivity contribution in [2.75, 3.05) is 0 Å². The SMILES string of the molecule is CCCc1c(C)cccc1CCc1cccc(C)c1CCC. The molecule has 0 nitrogen and oxygen atoms in total. The van der Waals surface area contributed by atoms with E-state index in [-0.39, 0.29) is 0 Å². The van der Waals surface area contributed by atoms with Crippen molar-refractivity contribution in [3.63, 3.8) is 0 Å². The van der Waals surface area contributed by atoms with Crippen LogP contribution in [0.3, 0.4) is 0 Å². The Hall–Kier alpha value is -1.56. The van der Waals surface area contributed by atoms with Crippen molar-refractivity contribution in [3.8, 4) is 0 Å². The Kier molecular flexibility index (Phi) is 6.24. The molecular weight excluding hydrogens is 264 g/mol. The summed E-state index contributed by atoms with van der Waals surface area (Å²) in [6.07, 6.45) is 7.19. The summed E-state index contributed by atoms with van der Waals surface area (Å²) in [4.78, 5) is 0. The van der Waals surface area contributed by atoms with Crippen molar-refractivity contribution in [2.45, 2.75) is 66.2 Å². The second-order valence-corrected chi connectivity index (χ2v) is 6.43. The third-order valence-electron chi connectivity index (χ3n) is 4.68. The summed E-state index contributed by atoms with van der Waals surface area (Å²) in [5, 5.41) is 0. The fraction of sp³-hybridized carbons (Fsp3) is 0.455. The van der Waals surface area contributed by atoms with Crippen LogP contribution in [0.25, 0.3) is 0 Å². The van der Waals surface area contributed by atoms with Gasteiger partial charge in [0, 0.05) is 0 Å². The highest BCUT2D eigenvalue weighted by atomic mass is 14.1. The molecule has 0 atom stereocenters. The van der Waals surface area contributed by atoms with E-state index in [1.54, 1.807) is 22.3 Å². The maximum absolute atomic E-state index is 2.33. The van der Waals surface area contributed by atoms with Crippen LogP contribution in [-0.2, 0) is 25.7 Å².